The number of nitrogens with zero attached hydrogens (tertiary/aromatic N) is 4. The Morgan fingerprint density at radius 3 is 2.53 bits per heavy atom. The first kappa shape index (κ1) is 22.2. The monoisotopic (exact) mass is 471 g/mol. The summed E-state index contributed by atoms with van der Waals surface area (Å²) in [6.45, 7) is 0.544. The maximum Gasteiger partial charge on any atom is 0.417 e. The van der Waals surface area contributed by atoms with Gasteiger partial charge in [0.15, 0.2) is 0 Å². The summed E-state index contributed by atoms with van der Waals surface area (Å²) in [5.74, 6) is -0.299. The lowest BCUT2D eigenvalue weighted by atomic mass is 9.76. The number of nitrogens with one attached hydrogen (secondary N) is 1. The van der Waals surface area contributed by atoms with E-state index in [-0.39, 0.29) is 35.3 Å². The molecule has 3 aromatic heterocycles. The number of pyridine rings is 3. The minimum atomic E-state index is -4.45. The van der Waals surface area contributed by atoms with E-state index in [0.717, 1.165) is 31.5 Å². The van der Waals surface area contributed by atoms with Gasteiger partial charge in [-0.05, 0) is 61.6 Å². The molecule has 5 heterocycles. The van der Waals surface area contributed by atoms with Crippen molar-refractivity contribution in [2.45, 2.75) is 37.5 Å². The molecule has 1 aliphatic carbocycles. The predicted molar refractivity (Wildman–Crippen MR) is 116 cm³/mol. The van der Waals surface area contributed by atoms with Crippen LogP contribution in [0.25, 0.3) is 11.3 Å². The fourth-order valence-corrected chi connectivity index (χ4v) is 4.91. The Kier molecular flexibility index (Phi) is 5.66. The van der Waals surface area contributed by atoms with Crippen molar-refractivity contribution in [3.05, 3.63) is 72.1 Å². The lowest BCUT2D eigenvalue weighted by Crippen LogP contribution is -2.60. The molecule has 3 aromatic rings. The number of hydrogen-bond acceptors (Lipinski definition) is 5. The molecule has 3 aliphatic rings. The Morgan fingerprint density at radius 2 is 1.82 bits per heavy atom. The number of anilines is 1. The van der Waals surface area contributed by atoms with Crippen LogP contribution in [-0.2, 0) is 6.18 Å². The van der Waals surface area contributed by atoms with Crippen LogP contribution >= 0.6 is 0 Å². The van der Waals surface area contributed by atoms with Crippen LogP contribution in [-0.4, -0.2) is 44.4 Å². The van der Waals surface area contributed by atoms with Crippen molar-refractivity contribution < 1.29 is 22.4 Å². The Hall–Kier alpha value is -3.56. The van der Waals surface area contributed by atoms with Crippen molar-refractivity contribution >= 4 is 11.7 Å². The first-order chi connectivity index (χ1) is 16.3. The maximum atomic E-state index is 14.4. The van der Waals surface area contributed by atoms with Gasteiger partial charge in [0.2, 0.25) is 0 Å². The van der Waals surface area contributed by atoms with Crippen molar-refractivity contribution in [1.82, 2.24) is 19.9 Å². The molecule has 0 radical (unpaired) electrons. The summed E-state index contributed by atoms with van der Waals surface area (Å²) in [6.07, 6.45) is 1.77. The fraction of sp³-hybridized carbons (Fsp3) is 0.333. The number of rotatable bonds is 4. The first-order valence-electron chi connectivity index (χ1n) is 11.0. The number of hydrogen-bond donors (Lipinski definition) is 1. The lowest BCUT2D eigenvalue weighted by Gasteiger charge is -2.50. The average Bonchev–Trinajstić information content (AvgIpc) is 2.84. The molecular formula is C24H21F4N5O. The van der Waals surface area contributed by atoms with Crippen molar-refractivity contribution in [2.24, 2.45) is 5.92 Å². The number of alkyl halides is 3. The van der Waals surface area contributed by atoms with Gasteiger partial charge in [0.25, 0.3) is 5.91 Å². The Morgan fingerprint density at radius 1 is 1.03 bits per heavy atom. The highest BCUT2D eigenvalue weighted by molar-refractivity contribution is 5.99. The van der Waals surface area contributed by atoms with Crippen LogP contribution in [0.5, 0.6) is 0 Å². The minimum Gasteiger partial charge on any atom is -0.365 e. The van der Waals surface area contributed by atoms with E-state index in [1.807, 2.05) is 0 Å². The summed E-state index contributed by atoms with van der Waals surface area (Å²) in [7, 11) is 0. The van der Waals surface area contributed by atoms with Crippen molar-refractivity contribution in [1.29, 1.82) is 0 Å². The minimum absolute atomic E-state index is 0.0600. The standard InChI is InChI=1S/C24H21F4N5O/c25-17-4-2-10-29-21(17)16-3-1-9-30-22(16)23(34)33-13-14-5-7-19(33)18(11-14)32-20-8-6-15(12-31-20)24(26,27)28/h1-4,6,8-10,12,14,18-19H,5,7,11,13H2,(H,31,32)/t14-,18+,19-/m0/s1. The van der Waals surface area contributed by atoms with Gasteiger partial charge in [-0.1, -0.05) is 0 Å². The molecule has 176 valence electrons. The molecule has 6 rings (SSSR count). The molecule has 3 atom stereocenters. The molecule has 3 fully saturated rings. The second kappa shape index (κ2) is 8.66. The average molecular weight is 471 g/mol. The number of fused-ring (bicyclic) bond motifs is 3. The molecule has 6 nitrogen and oxygen atoms in total. The molecule has 2 saturated heterocycles. The van der Waals surface area contributed by atoms with Crippen LogP contribution in [0, 0.1) is 11.7 Å². The van der Waals surface area contributed by atoms with E-state index in [1.54, 1.807) is 17.0 Å². The Balaban J connectivity index is 1.40. The molecular weight excluding hydrogens is 450 g/mol. The zero-order chi connectivity index (χ0) is 23.9. The van der Waals surface area contributed by atoms with E-state index in [2.05, 4.69) is 20.3 Å². The van der Waals surface area contributed by atoms with Gasteiger partial charge in [0.1, 0.15) is 23.0 Å². The summed E-state index contributed by atoms with van der Waals surface area (Å²) >= 11 is 0. The van der Waals surface area contributed by atoms with Crippen LogP contribution in [0.15, 0.2) is 55.0 Å². The highest BCUT2D eigenvalue weighted by Gasteiger charge is 2.44. The van der Waals surface area contributed by atoms with E-state index in [9.17, 15) is 22.4 Å². The van der Waals surface area contributed by atoms with Gasteiger partial charge >= 0.3 is 6.18 Å². The van der Waals surface area contributed by atoms with Gasteiger partial charge < -0.3 is 10.2 Å². The second-order valence-corrected chi connectivity index (χ2v) is 8.62. The third-order valence-corrected chi connectivity index (χ3v) is 6.49. The quantitative estimate of drug-likeness (QED) is 0.554. The highest BCUT2D eigenvalue weighted by Crippen LogP contribution is 2.38. The summed E-state index contributed by atoms with van der Waals surface area (Å²) < 4.78 is 52.9. The van der Waals surface area contributed by atoms with E-state index in [0.29, 0.717) is 17.9 Å². The molecule has 1 N–H and O–H groups in total. The molecule has 1 saturated carbocycles. The summed E-state index contributed by atoms with van der Waals surface area (Å²) in [6, 6.07) is 7.94. The fourth-order valence-electron chi connectivity index (χ4n) is 4.91. The summed E-state index contributed by atoms with van der Waals surface area (Å²) in [5, 5.41) is 3.22. The summed E-state index contributed by atoms with van der Waals surface area (Å²) in [4.78, 5) is 27.6. The topological polar surface area (TPSA) is 71.0 Å². The van der Waals surface area contributed by atoms with Crippen LogP contribution < -0.4 is 5.32 Å². The molecule has 0 unspecified atom stereocenters. The van der Waals surface area contributed by atoms with Gasteiger partial charge in [-0.2, -0.15) is 13.2 Å². The highest BCUT2D eigenvalue weighted by atomic mass is 19.4. The number of amides is 1. The second-order valence-electron chi connectivity index (χ2n) is 8.62. The van der Waals surface area contributed by atoms with E-state index in [1.165, 1.54) is 30.6 Å². The smallest absolute Gasteiger partial charge is 0.365 e. The van der Waals surface area contributed by atoms with Gasteiger partial charge in [-0.15, -0.1) is 0 Å². The molecule has 10 heteroatoms. The number of halogens is 4. The zero-order valence-corrected chi connectivity index (χ0v) is 18.0. The SMILES string of the molecule is O=C(c1ncccc1-c1ncccc1F)N1C[C@H]2CC[C@H]1[C@H](Nc1ccc(C(F)(F)F)cn1)C2. The van der Waals surface area contributed by atoms with Crippen LogP contribution in [0.3, 0.4) is 0 Å². The third kappa shape index (κ3) is 4.20. The number of carbonyl (C=O) groups is 1. The van der Waals surface area contributed by atoms with Crippen LogP contribution in [0.1, 0.15) is 35.3 Å². The molecule has 34 heavy (non-hydrogen) atoms. The van der Waals surface area contributed by atoms with Crippen molar-refractivity contribution in [2.75, 3.05) is 11.9 Å². The van der Waals surface area contributed by atoms with Gasteiger partial charge in [-0.3, -0.25) is 14.8 Å². The van der Waals surface area contributed by atoms with E-state index >= 15 is 0 Å². The van der Waals surface area contributed by atoms with Gasteiger partial charge in [0, 0.05) is 36.7 Å². The van der Waals surface area contributed by atoms with Crippen LogP contribution in [0.4, 0.5) is 23.4 Å². The van der Waals surface area contributed by atoms with Crippen LogP contribution in [0.2, 0.25) is 0 Å². The first-order valence-corrected chi connectivity index (χ1v) is 11.0. The molecule has 0 aromatic carbocycles. The molecule has 0 spiro atoms. The lowest BCUT2D eigenvalue weighted by molar-refractivity contribution is -0.137. The van der Waals surface area contributed by atoms with Crippen molar-refractivity contribution in [3.8, 4) is 11.3 Å². The number of aromatic nitrogens is 3. The predicted octanol–water partition coefficient (Wildman–Crippen LogP) is 4.80. The third-order valence-electron chi connectivity index (χ3n) is 6.49. The largest absolute Gasteiger partial charge is 0.417 e. The normalized spacial score (nSPS) is 22.0. The van der Waals surface area contributed by atoms with E-state index < -0.39 is 17.6 Å². The molecule has 2 aliphatic heterocycles. The van der Waals surface area contributed by atoms with E-state index in [4.69, 9.17) is 0 Å². The van der Waals surface area contributed by atoms with Gasteiger partial charge in [-0.25, -0.2) is 9.37 Å². The number of piperidine rings is 2. The number of carbonyl (C=O) groups excluding carboxylic acids is 1. The Bertz CT molecular complexity index is 1200. The molecule has 1 amide bonds. The zero-order valence-electron chi connectivity index (χ0n) is 18.0. The summed E-state index contributed by atoms with van der Waals surface area (Å²) in [5.41, 5.74) is -0.311. The van der Waals surface area contributed by atoms with Crippen molar-refractivity contribution in [3.63, 3.8) is 0 Å². The molecule has 2 bridgehead atoms. The Labute approximate surface area is 193 Å². The maximum absolute atomic E-state index is 14.4. The van der Waals surface area contributed by atoms with Gasteiger partial charge in [0.05, 0.1) is 11.6 Å².